The fourth-order valence-corrected chi connectivity index (χ4v) is 10.6. The summed E-state index contributed by atoms with van der Waals surface area (Å²) in [7, 11) is 0. The number of hydrogen-bond donors (Lipinski definition) is 0. The molecule has 3 nitrogen and oxygen atoms in total. The molecule has 0 saturated heterocycles. The van der Waals surface area contributed by atoms with Crippen molar-refractivity contribution in [3.8, 4) is 5.75 Å². The van der Waals surface area contributed by atoms with Crippen LogP contribution in [0, 0.1) is 46.3 Å². The largest absolute Gasteiger partial charge is 0.494 e. The zero-order chi connectivity index (χ0) is 32.0. The molecule has 45 heavy (non-hydrogen) atoms. The Morgan fingerprint density at radius 1 is 0.933 bits per heavy atom. The first kappa shape index (κ1) is 34.3. The molecule has 1 aromatic rings. The number of unbranched alkanes of at least 4 members (excludes halogenated alkanes) is 4. The third-order valence-electron chi connectivity index (χ3n) is 13.2. The van der Waals surface area contributed by atoms with E-state index in [2.05, 4.69) is 47.3 Å². The van der Waals surface area contributed by atoms with Crippen molar-refractivity contribution in [2.45, 2.75) is 143 Å². The number of ether oxygens (including phenoxy) is 2. The number of hydrogen-bond acceptors (Lipinski definition) is 3. The summed E-state index contributed by atoms with van der Waals surface area (Å²) in [5.74, 6) is 5.73. The Labute approximate surface area is 276 Å². The van der Waals surface area contributed by atoms with Crippen molar-refractivity contribution < 1.29 is 14.3 Å². The summed E-state index contributed by atoms with van der Waals surface area (Å²) >= 11 is 0. The Hall–Kier alpha value is -2.03. The summed E-state index contributed by atoms with van der Waals surface area (Å²) in [6, 6.07) is 7.54. The topological polar surface area (TPSA) is 35.5 Å². The van der Waals surface area contributed by atoms with Crippen LogP contribution in [0.3, 0.4) is 0 Å². The number of fused-ring (bicyclic) bond motifs is 5. The van der Waals surface area contributed by atoms with Crippen molar-refractivity contribution >= 4 is 5.97 Å². The van der Waals surface area contributed by atoms with Crippen molar-refractivity contribution in [3.05, 3.63) is 54.1 Å². The van der Waals surface area contributed by atoms with Gasteiger partial charge in [-0.25, -0.2) is 4.79 Å². The Morgan fingerprint density at radius 3 is 2.47 bits per heavy atom. The molecule has 0 N–H and O–H groups in total. The summed E-state index contributed by atoms with van der Waals surface area (Å²) in [5.41, 5.74) is 3.01. The first-order chi connectivity index (χ1) is 21.7. The van der Waals surface area contributed by atoms with E-state index in [9.17, 15) is 4.79 Å². The van der Waals surface area contributed by atoms with Crippen molar-refractivity contribution in [2.75, 3.05) is 6.61 Å². The van der Waals surface area contributed by atoms with Crippen LogP contribution in [0.1, 0.15) is 148 Å². The van der Waals surface area contributed by atoms with Crippen molar-refractivity contribution in [3.63, 3.8) is 0 Å². The van der Waals surface area contributed by atoms with E-state index in [0.29, 0.717) is 17.6 Å². The molecule has 0 radical (unpaired) electrons. The number of carbonyl (C=O) groups is 1. The van der Waals surface area contributed by atoms with Gasteiger partial charge >= 0.3 is 5.97 Å². The molecule has 4 aliphatic carbocycles. The lowest BCUT2D eigenvalue weighted by atomic mass is 9.47. The van der Waals surface area contributed by atoms with Crippen molar-refractivity contribution in [2.24, 2.45) is 46.3 Å². The number of esters is 1. The van der Waals surface area contributed by atoms with E-state index < -0.39 is 0 Å². The highest BCUT2D eigenvalue weighted by Gasteiger charge is 2.59. The fourth-order valence-electron chi connectivity index (χ4n) is 10.6. The Morgan fingerprint density at radius 2 is 1.71 bits per heavy atom. The Kier molecular flexibility index (Phi) is 11.6. The molecule has 0 heterocycles. The number of carbonyl (C=O) groups excluding carboxylic acids is 1. The molecule has 3 saturated carbocycles. The lowest BCUT2D eigenvalue weighted by Crippen LogP contribution is -2.51. The number of allylic oxidation sites excluding steroid dienone is 2. The number of rotatable bonds is 15. The van der Waals surface area contributed by atoms with Crippen LogP contribution in [0.2, 0.25) is 0 Å². The van der Waals surface area contributed by atoms with Crippen LogP contribution in [0.4, 0.5) is 0 Å². The van der Waals surface area contributed by atoms with Gasteiger partial charge in [0, 0.05) is 6.42 Å². The van der Waals surface area contributed by atoms with Crippen molar-refractivity contribution in [1.82, 2.24) is 0 Å². The van der Waals surface area contributed by atoms with Crippen LogP contribution in [0.5, 0.6) is 5.75 Å². The maximum absolute atomic E-state index is 13.1. The van der Waals surface area contributed by atoms with Gasteiger partial charge in [-0.15, -0.1) is 6.58 Å². The highest BCUT2D eigenvalue weighted by Crippen LogP contribution is 2.67. The molecular formula is C42H64O3. The molecule has 4 aliphatic rings. The maximum Gasteiger partial charge on any atom is 0.338 e. The summed E-state index contributed by atoms with van der Waals surface area (Å²) in [4.78, 5) is 13.1. The van der Waals surface area contributed by atoms with Crippen molar-refractivity contribution in [1.29, 1.82) is 0 Å². The third kappa shape index (κ3) is 7.76. The minimum absolute atomic E-state index is 0.0122. The molecule has 8 atom stereocenters. The predicted molar refractivity (Wildman–Crippen MR) is 187 cm³/mol. The molecular weight excluding hydrogens is 552 g/mol. The molecule has 0 aliphatic heterocycles. The lowest BCUT2D eigenvalue weighted by Gasteiger charge is -2.58. The molecule has 250 valence electrons. The van der Waals surface area contributed by atoms with E-state index in [-0.39, 0.29) is 17.5 Å². The minimum Gasteiger partial charge on any atom is -0.494 e. The van der Waals surface area contributed by atoms with Gasteiger partial charge in [0.15, 0.2) is 0 Å². The van der Waals surface area contributed by atoms with Crippen LogP contribution >= 0.6 is 0 Å². The molecule has 0 spiro atoms. The molecule has 3 heteroatoms. The van der Waals surface area contributed by atoms with Gasteiger partial charge in [-0.1, -0.05) is 84.4 Å². The first-order valence-corrected chi connectivity index (χ1v) is 18.9. The van der Waals surface area contributed by atoms with E-state index in [1.807, 2.05) is 30.3 Å². The van der Waals surface area contributed by atoms with E-state index >= 15 is 0 Å². The molecule has 3 fully saturated rings. The molecule has 0 amide bonds. The van der Waals surface area contributed by atoms with Gasteiger partial charge in [-0.05, 0) is 135 Å². The zero-order valence-electron chi connectivity index (χ0n) is 29.5. The van der Waals surface area contributed by atoms with Gasteiger partial charge in [0.2, 0.25) is 0 Å². The highest BCUT2D eigenvalue weighted by atomic mass is 16.5. The molecule has 1 unspecified atom stereocenters. The normalized spacial score (nSPS) is 33.0. The van der Waals surface area contributed by atoms with Crippen LogP contribution in [0.15, 0.2) is 48.6 Å². The average Bonchev–Trinajstić information content (AvgIpc) is 3.38. The maximum atomic E-state index is 13.1. The Bertz CT molecular complexity index is 1150. The minimum atomic E-state index is -0.195. The van der Waals surface area contributed by atoms with Gasteiger partial charge in [0.1, 0.15) is 11.9 Å². The van der Waals surface area contributed by atoms with Gasteiger partial charge < -0.3 is 9.47 Å². The van der Waals surface area contributed by atoms with E-state index in [1.165, 1.54) is 70.6 Å². The van der Waals surface area contributed by atoms with Gasteiger partial charge in [-0.2, -0.15) is 0 Å². The van der Waals surface area contributed by atoms with E-state index in [1.54, 1.807) is 5.57 Å². The second-order valence-electron chi connectivity index (χ2n) is 16.4. The summed E-state index contributed by atoms with van der Waals surface area (Å²) in [6.07, 6.45) is 24.5. The standard InChI is InChI=1S/C42H64O3/c1-7-8-9-10-11-12-28-44-34-19-16-32(17-20-34)40(43)45-35-24-26-41(5)33(29-35)18-21-36-38-23-22-37(31(4)15-13-14-30(2)3)42(38,6)27-25-39(36)41/h7,16-20,30-31,35-39H,1,8-15,21-29H2,2-6H3/t31-,35?,36+,37-,38+,39+,41+,42-/m1/s1. The fraction of sp³-hybridized carbons (Fsp3) is 0.738. The van der Waals surface area contributed by atoms with Crippen LogP contribution in [-0.2, 0) is 4.74 Å². The lowest BCUT2D eigenvalue weighted by molar-refractivity contribution is -0.0594. The molecule has 0 bridgehead atoms. The monoisotopic (exact) mass is 616 g/mol. The Balaban J connectivity index is 1.12. The van der Waals surface area contributed by atoms with Gasteiger partial charge in [0.05, 0.1) is 12.2 Å². The van der Waals surface area contributed by atoms with E-state index in [0.717, 1.165) is 73.4 Å². The number of benzene rings is 1. The third-order valence-corrected chi connectivity index (χ3v) is 13.2. The smallest absolute Gasteiger partial charge is 0.338 e. The highest BCUT2D eigenvalue weighted by molar-refractivity contribution is 5.89. The van der Waals surface area contributed by atoms with Gasteiger partial charge in [-0.3, -0.25) is 0 Å². The van der Waals surface area contributed by atoms with Crippen LogP contribution in [-0.4, -0.2) is 18.7 Å². The second kappa shape index (κ2) is 15.2. The van der Waals surface area contributed by atoms with Crippen LogP contribution < -0.4 is 4.74 Å². The predicted octanol–water partition coefficient (Wildman–Crippen LogP) is 11.8. The zero-order valence-corrected chi connectivity index (χ0v) is 29.5. The summed E-state index contributed by atoms with van der Waals surface area (Å²) in [5, 5.41) is 0. The first-order valence-electron chi connectivity index (χ1n) is 18.9. The summed E-state index contributed by atoms with van der Waals surface area (Å²) < 4.78 is 12.0. The molecule has 1 aromatic carbocycles. The average molecular weight is 617 g/mol. The second-order valence-corrected chi connectivity index (χ2v) is 16.4. The van der Waals surface area contributed by atoms with Crippen LogP contribution in [0.25, 0.3) is 0 Å². The summed E-state index contributed by atoms with van der Waals surface area (Å²) in [6.45, 7) is 17.1. The SMILES string of the molecule is C=CCCCCCCOc1ccc(C(=O)OC2CC[C@@]3(C)C(=CC[C@H]4[C@@H]5CC[C@H]([C@H](C)CCCC(C)C)[C@@]5(C)CC[C@@H]43)C2)cc1. The van der Waals surface area contributed by atoms with E-state index in [4.69, 9.17) is 9.47 Å². The molecule has 5 rings (SSSR count). The molecule has 0 aromatic heterocycles. The quantitative estimate of drug-likeness (QED) is 0.112. The van der Waals surface area contributed by atoms with Gasteiger partial charge in [0.25, 0.3) is 0 Å².